The molecule has 1 aromatic heterocycles. The molecule has 0 saturated carbocycles. The molecule has 0 radical (unpaired) electrons. The summed E-state index contributed by atoms with van der Waals surface area (Å²) in [7, 11) is 0. The second-order valence-electron chi connectivity index (χ2n) is 4.57. The molecule has 7 nitrogen and oxygen atoms in total. The van der Waals surface area contributed by atoms with Gasteiger partial charge in [-0.15, -0.1) is 11.3 Å². The van der Waals surface area contributed by atoms with Gasteiger partial charge in [0.25, 0.3) is 5.91 Å². The number of nitrogens with two attached hydrogens (primary N) is 1. The molecule has 1 aliphatic heterocycles. The van der Waals surface area contributed by atoms with E-state index in [1.54, 1.807) is 13.8 Å². The van der Waals surface area contributed by atoms with Crippen LogP contribution in [-0.2, 0) is 14.3 Å². The Morgan fingerprint density at radius 3 is 2.74 bits per heavy atom. The highest BCUT2D eigenvalue weighted by Crippen LogP contribution is 2.37. The minimum absolute atomic E-state index is 0.0649. The highest BCUT2D eigenvalue weighted by Gasteiger charge is 2.30. The average molecular weight is 420 g/mol. The van der Waals surface area contributed by atoms with Gasteiger partial charge >= 0.3 is 5.97 Å². The van der Waals surface area contributed by atoms with Crippen LogP contribution in [0.3, 0.4) is 0 Å². The van der Waals surface area contributed by atoms with Crippen LogP contribution in [0, 0.1) is 6.92 Å². The second-order valence-corrected chi connectivity index (χ2v) is 8.13. The molecule has 1 unspecified atom stereocenters. The van der Waals surface area contributed by atoms with Crippen LogP contribution in [0.15, 0.2) is 8.78 Å². The molecule has 1 aromatic rings. The SMILES string of the molecule is CCOC(=O)c1c(NC(=O)CC2SC(N)=NC2=O)sc(Br)c1C. The summed E-state index contributed by atoms with van der Waals surface area (Å²) in [5, 5.41) is 2.60. The summed E-state index contributed by atoms with van der Waals surface area (Å²) in [5.41, 5.74) is 6.47. The normalized spacial score (nSPS) is 17.1. The van der Waals surface area contributed by atoms with Crippen molar-refractivity contribution >= 4 is 67.0 Å². The Morgan fingerprint density at radius 1 is 1.48 bits per heavy atom. The highest BCUT2D eigenvalue weighted by atomic mass is 79.9. The number of hydrogen-bond donors (Lipinski definition) is 2. The zero-order chi connectivity index (χ0) is 17.1. The van der Waals surface area contributed by atoms with Crippen molar-refractivity contribution in [2.45, 2.75) is 25.5 Å². The lowest BCUT2D eigenvalue weighted by Crippen LogP contribution is -2.22. The lowest BCUT2D eigenvalue weighted by molar-refractivity contribution is -0.121. The number of esters is 1. The van der Waals surface area contributed by atoms with E-state index in [2.05, 4.69) is 26.2 Å². The summed E-state index contributed by atoms with van der Waals surface area (Å²) in [6.45, 7) is 3.70. The smallest absolute Gasteiger partial charge is 0.341 e. The van der Waals surface area contributed by atoms with Crippen molar-refractivity contribution < 1.29 is 19.1 Å². The summed E-state index contributed by atoms with van der Waals surface area (Å²) >= 11 is 5.63. The molecule has 2 amide bonds. The van der Waals surface area contributed by atoms with Crippen molar-refractivity contribution in [1.82, 2.24) is 0 Å². The van der Waals surface area contributed by atoms with E-state index in [9.17, 15) is 14.4 Å². The molecule has 0 spiro atoms. The molecular formula is C13H14BrN3O4S2. The zero-order valence-electron chi connectivity index (χ0n) is 12.3. The van der Waals surface area contributed by atoms with E-state index in [4.69, 9.17) is 10.5 Å². The first-order valence-corrected chi connectivity index (χ1v) is 9.12. The Morgan fingerprint density at radius 2 is 2.17 bits per heavy atom. The fraction of sp³-hybridized carbons (Fsp3) is 0.385. The van der Waals surface area contributed by atoms with Gasteiger partial charge in [0.05, 0.1) is 16.0 Å². The fourth-order valence-corrected chi connectivity index (χ4v) is 4.34. The third-order valence-electron chi connectivity index (χ3n) is 2.95. The third-order valence-corrected chi connectivity index (χ3v) is 6.01. The van der Waals surface area contributed by atoms with Crippen molar-refractivity contribution in [3.8, 4) is 0 Å². The van der Waals surface area contributed by atoms with Crippen molar-refractivity contribution in [3.05, 3.63) is 14.9 Å². The molecule has 23 heavy (non-hydrogen) atoms. The molecule has 2 heterocycles. The number of nitrogens with zero attached hydrogens (tertiary/aromatic N) is 1. The Hall–Kier alpha value is -1.39. The van der Waals surface area contributed by atoms with Gasteiger partial charge in [0.2, 0.25) is 5.91 Å². The lowest BCUT2D eigenvalue weighted by atomic mass is 10.2. The number of aliphatic imine (C=N–C) groups is 1. The summed E-state index contributed by atoms with van der Waals surface area (Å²) in [6.07, 6.45) is -0.0649. The minimum atomic E-state index is -0.620. The number of hydrogen-bond acceptors (Lipinski definition) is 7. The molecule has 1 atom stereocenters. The minimum Gasteiger partial charge on any atom is -0.462 e. The van der Waals surface area contributed by atoms with Crippen LogP contribution in [-0.4, -0.2) is 34.8 Å². The number of ether oxygens (including phenoxy) is 1. The van der Waals surface area contributed by atoms with Crippen molar-refractivity contribution in [1.29, 1.82) is 0 Å². The standard InChI is InChI=1S/C13H14BrN3O4S2/c1-3-21-12(20)8-5(2)9(14)23-11(8)16-7(18)4-6-10(19)17-13(15)22-6/h6H,3-4H2,1-2H3,(H,16,18)(H2,15,17,19). The van der Waals surface area contributed by atoms with E-state index < -0.39 is 17.1 Å². The number of carbonyl (C=O) groups is 3. The first kappa shape index (κ1) is 18.0. The van der Waals surface area contributed by atoms with Crippen LogP contribution in [0.25, 0.3) is 0 Å². The van der Waals surface area contributed by atoms with E-state index in [0.29, 0.717) is 16.1 Å². The van der Waals surface area contributed by atoms with E-state index >= 15 is 0 Å². The van der Waals surface area contributed by atoms with Crippen molar-refractivity contribution in [2.24, 2.45) is 10.7 Å². The molecule has 0 fully saturated rings. The molecular weight excluding hydrogens is 406 g/mol. The molecule has 0 saturated heterocycles. The zero-order valence-corrected chi connectivity index (χ0v) is 15.6. The Kier molecular flexibility index (Phi) is 5.82. The largest absolute Gasteiger partial charge is 0.462 e. The number of thioether (sulfide) groups is 1. The molecule has 0 aliphatic carbocycles. The quantitative estimate of drug-likeness (QED) is 0.708. The fourth-order valence-electron chi connectivity index (χ4n) is 1.90. The number of nitrogens with one attached hydrogen (secondary N) is 1. The second kappa shape index (κ2) is 7.45. The van der Waals surface area contributed by atoms with Gasteiger partial charge in [-0.25, -0.2) is 4.79 Å². The van der Waals surface area contributed by atoms with E-state index in [1.807, 2.05) is 0 Å². The summed E-state index contributed by atoms with van der Waals surface area (Å²) in [6, 6.07) is 0. The molecule has 1 aliphatic rings. The van der Waals surface area contributed by atoms with Crippen LogP contribution in [0.4, 0.5) is 5.00 Å². The lowest BCUT2D eigenvalue weighted by Gasteiger charge is -2.08. The first-order valence-electron chi connectivity index (χ1n) is 6.64. The molecule has 2 rings (SSSR count). The number of halogens is 1. The van der Waals surface area contributed by atoms with Crippen LogP contribution in [0.1, 0.15) is 29.3 Å². The van der Waals surface area contributed by atoms with Gasteiger partial charge < -0.3 is 15.8 Å². The number of amidine groups is 1. The summed E-state index contributed by atoms with van der Waals surface area (Å²) in [5.74, 6) is -1.31. The van der Waals surface area contributed by atoms with E-state index in [1.165, 1.54) is 11.3 Å². The molecule has 0 aromatic carbocycles. The monoisotopic (exact) mass is 419 g/mol. The Bertz CT molecular complexity index is 702. The van der Waals surface area contributed by atoms with Crippen LogP contribution >= 0.6 is 39.0 Å². The molecule has 0 bridgehead atoms. The topological polar surface area (TPSA) is 111 Å². The maximum absolute atomic E-state index is 12.1. The maximum Gasteiger partial charge on any atom is 0.341 e. The van der Waals surface area contributed by atoms with E-state index in [-0.39, 0.29) is 24.1 Å². The number of thiophene rings is 1. The number of anilines is 1. The van der Waals surface area contributed by atoms with Gasteiger partial charge in [-0.1, -0.05) is 11.8 Å². The summed E-state index contributed by atoms with van der Waals surface area (Å²) < 4.78 is 5.74. The van der Waals surface area contributed by atoms with Gasteiger partial charge in [-0.3, -0.25) is 9.59 Å². The third kappa shape index (κ3) is 4.12. The van der Waals surface area contributed by atoms with Gasteiger partial charge in [-0.05, 0) is 35.3 Å². The van der Waals surface area contributed by atoms with Crippen LogP contribution < -0.4 is 11.1 Å². The first-order chi connectivity index (χ1) is 10.8. The van der Waals surface area contributed by atoms with Gasteiger partial charge in [-0.2, -0.15) is 4.99 Å². The van der Waals surface area contributed by atoms with E-state index in [0.717, 1.165) is 15.5 Å². The molecule has 3 N–H and O–H groups in total. The number of amides is 2. The Balaban J connectivity index is 2.11. The van der Waals surface area contributed by atoms with Crippen molar-refractivity contribution in [3.63, 3.8) is 0 Å². The predicted octanol–water partition coefficient (Wildman–Crippen LogP) is 2.28. The maximum atomic E-state index is 12.1. The average Bonchev–Trinajstić information content (AvgIpc) is 2.90. The predicted molar refractivity (Wildman–Crippen MR) is 94.0 cm³/mol. The summed E-state index contributed by atoms with van der Waals surface area (Å²) in [4.78, 5) is 39.3. The number of rotatable bonds is 5. The van der Waals surface area contributed by atoms with Gasteiger partial charge in [0, 0.05) is 6.42 Å². The van der Waals surface area contributed by atoms with Crippen molar-refractivity contribution in [2.75, 3.05) is 11.9 Å². The molecule has 124 valence electrons. The van der Waals surface area contributed by atoms with Gasteiger partial charge in [0.15, 0.2) is 5.17 Å². The Labute approximate surface area is 149 Å². The highest BCUT2D eigenvalue weighted by molar-refractivity contribution is 9.11. The number of carbonyl (C=O) groups excluding carboxylic acids is 3. The van der Waals surface area contributed by atoms with Crippen LogP contribution in [0.2, 0.25) is 0 Å². The van der Waals surface area contributed by atoms with Crippen LogP contribution in [0.5, 0.6) is 0 Å². The molecule has 10 heteroatoms. The van der Waals surface area contributed by atoms with Gasteiger partial charge in [0.1, 0.15) is 10.3 Å².